The number of rotatable bonds is 5. The van der Waals surface area contributed by atoms with Gasteiger partial charge in [-0.15, -0.1) is 0 Å². The van der Waals surface area contributed by atoms with Crippen molar-refractivity contribution in [3.63, 3.8) is 0 Å². The minimum atomic E-state index is -0.233. The van der Waals surface area contributed by atoms with E-state index < -0.39 is 0 Å². The van der Waals surface area contributed by atoms with Crippen molar-refractivity contribution in [3.8, 4) is 0 Å². The average molecular weight is 156 g/mol. The largest absolute Gasteiger partial charge is 0.463 e. The zero-order valence-corrected chi connectivity index (χ0v) is 7.30. The van der Waals surface area contributed by atoms with E-state index >= 15 is 0 Å². The summed E-state index contributed by atoms with van der Waals surface area (Å²) in [6, 6.07) is 0. The van der Waals surface area contributed by atoms with E-state index in [2.05, 4.69) is 6.92 Å². The molecule has 0 aromatic rings. The van der Waals surface area contributed by atoms with Crippen molar-refractivity contribution in [1.29, 1.82) is 0 Å². The highest BCUT2D eigenvalue weighted by atomic mass is 16.5. The van der Waals surface area contributed by atoms with Crippen LogP contribution in [0.1, 0.15) is 33.1 Å². The van der Waals surface area contributed by atoms with Crippen LogP contribution in [0.15, 0.2) is 12.2 Å². The Balaban J connectivity index is 3.17. The minimum Gasteiger partial charge on any atom is -0.463 e. The second-order valence-corrected chi connectivity index (χ2v) is 2.37. The summed E-state index contributed by atoms with van der Waals surface area (Å²) in [7, 11) is 0. The van der Waals surface area contributed by atoms with Crippen LogP contribution in [0, 0.1) is 0 Å². The summed E-state index contributed by atoms with van der Waals surface area (Å²) < 4.78 is 4.86. The molecule has 64 valence electrons. The molecule has 0 N–H and O–H groups in total. The predicted molar refractivity (Wildman–Crippen MR) is 45.3 cm³/mol. The molecule has 0 fully saturated rings. The van der Waals surface area contributed by atoms with Crippen LogP contribution in [0.5, 0.6) is 0 Å². The molecule has 0 atom stereocenters. The van der Waals surface area contributed by atoms with E-state index in [1.165, 1.54) is 6.08 Å². The fraction of sp³-hybridized carbons (Fsp3) is 0.667. The number of ether oxygens (including phenoxy) is 1. The zero-order valence-electron chi connectivity index (χ0n) is 7.30. The van der Waals surface area contributed by atoms with Crippen LogP contribution in [0.2, 0.25) is 0 Å². The topological polar surface area (TPSA) is 26.3 Å². The van der Waals surface area contributed by atoms with Crippen molar-refractivity contribution in [3.05, 3.63) is 12.2 Å². The lowest BCUT2D eigenvalue weighted by Gasteiger charge is -1.99. The second-order valence-electron chi connectivity index (χ2n) is 2.37. The van der Waals surface area contributed by atoms with Crippen LogP contribution in [-0.2, 0) is 9.53 Å². The van der Waals surface area contributed by atoms with Crippen LogP contribution in [0.3, 0.4) is 0 Å². The maximum absolute atomic E-state index is 10.7. The molecular formula is C9H16O2. The normalized spacial score (nSPS) is 10.4. The van der Waals surface area contributed by atoms with Crippen LogP contribution >= 0.6 is 0 Å². The molecule has 0 aliphatic rings. The Morgan fingerprint density at radius 3 is 2.73 bits per heavy atom. The van der Waals surface area contributed by atoms with Crippen molar-refractivity contribution in [2.45, 2.75) is 33.1 Å². The Labute approximate surface area is 68.2 Å². The lowest BCUT2D eigenvalue weighted by atomic mass is 10.3. The van der Waals surface area contributed by atoms with Crippen molar-refractivity contribution in [2.75, 3.05) is 6.61 Å². The number of esters is 1. The number of unbranched alkanes of at least 4 members (excludes halogenated alkanes) is 2. The molecule has 0 saturated heterocycles. The maximum atomic E-state index is 10.7. The van der Waals surface area contributed by atoms with Gasteiger partial charge in [0.15, 0.2) is 0 Å². The summed E-state index contributed by atoms with van der Waals surface area (Å²) in [6.45, 7) is 4.47. The Kier molecular flexibility index (Phi) is 6.79. The number of allylic oxidation sites excluding steroid dienone is 1. The third-order valence-corrected chi connectivity index (χ3v) is 1.29. The van der Waals surface area contributed by atoms with Crippen LogP contribution < -0.4 is 0 Å². The zero-order chi connectivity index (χ0) is 8.53. The van der Waals surface area contributed by atoms with Gasteiger partial charge in [-0.25, -0.2) is 4.79 Å². The summed E-state index contributed by atoms with van der Waals surface area (Å²) in [5, 5.41) is 0. The minimum absolute atomic E-state index is 0.233. The maximum Gasteiger partial charge on any atom is 0.330 e. The standard InChI is InChI=1S/C9H16O2/c1-3-5-6-8-11-9(10)7-4-2/h4,7H,3,5-6,8H2,1-2H3/b7-4-. The smallest absolute Gasteiger partial charge is 0.330 e. The van der Waals surface area contributed by atoms with Gasteiger partial charge in [0, 0.05) is 6.08 Å². The van der Waals surface area contributed by atoms with Crippen molar-refractivity contribution in [1.82, 2.24) is 0 Å². The summed E-state index contributed by atoms with van der Waals surface area (Å²) in [6.07, 6.45) is 6.37. The first kappa shape index (κ1) is 10.2. The number of carbonyl (C=O) groups excluding carboxylic acids is 1. The van der Waals surface area contributed by atoms with E-state index in [0.29, 0.717) is 6.61 Å². The molecule has 2 nitrogen and oxygen atoms in total. The lowest BCUT2D eigenvalue weighted by molar-refractivity contribution is -0.137. The fourth-order valence-corrected chi connectivity index (χ4v) is 0.709. The first-order chi connectivity index (χ1) is 5.31. The van der Waals surface area contributed by atoms with Crippen LogP contribution in [0.25, 0.3) is 0 Å². The molecule has 0 unspecified atom stereocenters. The molecule has 0 saturated carbocycles. The van der Waals surface area contributed by atoms with Gasteiger partial charge >= 0.3 is 5.97 Å². The summed E-state index contributed by atoms with van der Waals surface area (Å²) in [5.74, 6) is -0.233. The fourth-order valence-electron chi connectivity index (χ4n) is 0.709. The monoisotopic (exact) mass is 156 g/mol. The Morgan fingerprint density at radius 2 is 2.18 bits per heavy atom. The molecule has 0 rings (SSSR count). The molecule has 0 spiro atoms. The van der Waals surface area contributed by atoms with Gasteiger partial charge in [0.25, 0.3) is 0 Å². The van der Waals surface area contributed by atoms with Gasteiger partial charge in [-0.3, -0.25) is 0 Å². The Morgan fingerprint density at radius 1 is 1.45 bits per heavy atom. The van der Waals surface area contributed by atoms with Gasteiger partial charge in [0.2, 0.25) is 0 Å². The highest BCUT2D eigenvalue weighted by Gasteiger charge is 1.93. The van der Waals surface area contributed by atoms with Crippen molar-refractivity contribution < 1.29 is 9.53 Å². The highest BCUT2D eigenvalue weighted by Crippen LogP contribution is 1.94. The molecule has 0 aromatic heterocycles. The van der Waals surface area contributed by atoms with Gasteiger partial charge in [-0.1, -0.05) is 25.8 Å². The third kappa shape index (κ3) is 7.10. The van der Waals surface area contributed by atoms with Gasteiger partial charge < -0.3 is 4.74 Å². The van der Waals surface area contributed by atoms with E-state index in [1.807, 2.05) is 0 Å². The Bertz CT molecular complexity index is 128. The van der Waals surface area contributed by atoms with Gasteiger partial charge in [0.1, 0.15) is 0 Å². The third-order valence-electron chi connectivity index (χ3n) is 1.29. The second kappa shape index (κ2) is 7.32. The van der Waals surface area contributed by atoms with E-state index in [-0.39, 0.29) is 5.97 Å². The Hall–Kier alpha value is -0.790. The molecule has 0 aliphatic carbocycles. The van der Waals surface area contributed by atoms with Gasteiger partial charge in [-0.05, 0) is 13.3 Å². The summed E-state index contributed by atoms with van der Waals surface area (Å²) in [4.78, 5) is 10.7. The molecule has 0 bridgehead atoms. The highest BCUT2D eigenvalue weighted by molar-refractivity contribution is 5.81. The molecular weight excluding hydrogens is 140 g/mol. The molecule has 11 heavy (non-hydrogen) atoms. The van der Waals surface area contributed by atoms with Gasteiger partial charge in [0.05, 0.1) is 6.61 Å². The molecule has 0 heterocycles. The lowest BCUT2D eigenvalue weighted by Crippen LogP contribution is -2.01. The van der Waals surface area contributed by atoms with E-state index in [4.69, 9.17) is 4.74 Å². The average Bonchev–Trinajstić information content (AvgIpc) is 1.99. The number of hydrogen-bond acceptors (Lipinski definition) is 2. The molecule has 0 amide bonds. The van der Waals surface area contributed by atoms with E-state index in [0.717, 1.165) is 19.3 Å². The molecule has 0 aromatic carbocycles. The first-order valence-electron chi connectivity index (χ1n) is 4.10. The van der Waals surface area contributed by atoms with E-state index in [9.17, 15) is 4.79 Å². The quantitative estimate of drug-likeness (QED) is 0.347. The predicted octanol–water partition coefficient (Wildman–Crippen LogP) is 2.30. The number of hydrogen-bond donors (Lipinski definition) is 0. The molecule has 0 aliphatic heterocycles. The number of carbonyl (C=O) groups is 1. The van der Waals surface area contributed by atoms with Crippen LogP contribution in [0.4, 0.5) is 0 Å². The molecule has 2 heteroatoms. The van der Waals surface area contributed by atoms with E-state index in [1.54, 1.807) is 13.0 Å². The SMILES string of the molecule is C/C=C\C(=O)OCCCCC. The summed E-state index contributed by atoms with van der Waals surface area (Å²) >= 11 is 0. The molecule has 0 radical (unpaired) electrons. The van der Waals surface area contributed by atoms with Crippen molar-refractivity contribution in [2.24, 2.45) is 0 Å². The van der Waals surface area contributed by atoms with Gasteiger partial charge in [-0.2, -0.15) is 0 Å². The van der Waals surface area contributed by atoms with Crippen molar-refractivity contribution >= 4 is 5.97 Å². The summed E-state index contributed by atoms with van der Waals surface area (Å²) in [5.41, 5.74) is 0. The first-order valence-corrected chi connectivity index (χ1v) is 4.10. The van der Waals surface area contributed by atoms with Crippen LogP contribution in [-0.4, -0.2) is 12.6 Å².